The average molecular weight is 199 g/mol. The van der Waals surface area contributed by atoms with Crippen molar-refractivity contribution in [1.29, 1.82) is 0 Å². The molecule has 1 aromatic rings. The summed E-state index contributed by atoms with van der Waals surface area (Å²) in [5.74, 6) is -0.527. The Balaban J connectivity index is 2.74. The number of carbonyl (C=O) groups excluding carboxylic acids is 1. The molecule has 0 saturated heterocycles. The van der Waals surface area contributed by atoms with Crippen molar-refractivity contribution in [3.8, 4) is 0 Å². The molecule has 78 valence electrons. The molecule has 0 amide bonds. The lowest BCUT2D eigenvalue weighted by atomic mass is 10.3. The number of carbonyl (C=O) groups is 1. The molecule has 0 bridgehead atoms. The van der Waals surface area contributed by atoms with Gasteiger partial charge < -0.3 is 15.0 Å². The maximum atomic E-state index is 11.3. The molecule has 0 radical (unpaired) electrons. The van der Waals surface area contributed by atoms with Crippen molar-refractivity contribution in [2.24, 2.45) is 12.8 Å². The van der Waals surface area contributed by atoms with Crippen molar-refractivity contribution in [3.05, 3.63) is 22.9 Å². The highest BCUT2D eigenvalue weighted by molar-refractivity contribution is 5.75. The average Bonchev–Trinajstić information content (AvgIpc) is 2.48. The Morgan fingerprint density at radius 1 is 1.64 bits per heavy atom. The Kier molecular flexibility index (Phi) is 3.08. The van der Waals surface area contributed by atoms with Crippen LogP contribution in [0, 0.1) is 0 Å². The van der Waals surface area contributed by atoms with Crippen LogP contribution in [0.5, 0.6) is 0 Å². The van der Waals surface area contributed by atoms with Gasteiger partial charge in [-0.25, -0.2) is 4.79 Å². The lowest BCUT2D eigenvalue weighted by Crippen LogP contribution is -2.38. The number of nitrogens with two attached hydrogens (primary N) is 1. The zero-order valence-electron chi connectivity index (χ0n) is 8.14. The predicted octanol–water partition coefficient (Wildman–Crippen LogP) is -1.31. The van der Waals surface area contributed by atoms with Crippen molar-refractivity contribution >= 4 is 5.97 Å². The van der Waals surface area contributed by atoms with Gasteiger partial charge in [-0.2, -0.15) is 0 Å². The summed E-state index contributed by atoms with van der Waals surface area (Å²) in [6.07, 6.45) is 3.18. The molecule has 1 rings (SSSR count). The van der Waals surface area contributed by atoms with E-state index < -0.39 is 12.0 Å². The van der Waals surface area contributed by atoms with Crippen LogP contribution in [0.2, 0.25) is 0 Å². The Morgan fingerprint density at radius 3 is 2.71 bits per heavy atom. The van der Waals surface area contributed by atoms with E-state index in [1.54, 1.807) is 19.4 Å². The third kappa shape index (κ3) is 2.02. The second-order valence-corrected chi connectivity index (χ2v) is 2.97. The summed E-state index contributed by atoms with van der Waals surface area (Å²) in [5, 5.41) is 0. The first-order valence-electron chi connectivity index (χ1n) is 4.11. The molecule has 1 atom stereocenters. The molecule has 1 aromatic heterocycles. The fourth-order valence-electron chi connectivity index (χ4n) is 1.09. The van der Waals surface area contributed by atoms with Crippen LogP contribution in [0.15, 0.2) is 17.2 Å². The van der Waals surface area contributed by atoms with Crippen molar-refractivity contribution in [1.82, 2.24) is 9.13 Å². The summed E-state index contributed by atoms with van der Waals surface area (Å²) in [6, 6.07) is -0.805. The van der Waals surface area contributed by atoms with Gasteiger partial charge in [-0.3, -0.25) is 9.36 Å². The summed E-state index contributed by atoms with van der Waals surface area (Å²) in [7, 11) is 2.89. The SMILES string of the molecule is COC(=O)C(N)Cn1ccn(C)c1=O. The second kappa shape index (κ2) is 4.10. The molecule has 2 N–H and O–H groups in total. The number of ether oxygens (including phenoxy) is 1. The number of rotatable bonds is 3. The van der Waals surface area contributed by atoms with Crippen molar-refractivity contribution in [2.45, 2.75) is 12.6 Å². The molecule has 0 saturated carbocycles. The van der Waals surface area contributed by atoms with E-state index in [2.05, 4.69) is 4.74 Å². The maximum absolute atomic E-state index is 11.3. The molecular weight excluding hydrogens is 186 g/mol. The number of nitrogens with zero attached hydrogens (tertiary/aromatic N) is 2. The molecular formula is C8H13N3O3. The Labute approximate surface area is 80.9 Å². The van der Waals surface area contributed by atoms with Crippen LogP contribution in [-0.2, 0) is 23.1 Å². The minimum absolute atomic E-state index is 0.131. The van der Waals surface area contributed by atoms with Gasteiger partial charge in [0.1, 0.15) is 6.04 Å². The van der Waals surface area contributed by atoms with Crippen LogP contribution in [0.4, 0.5) is 0 Å². The highest BCUT2D eigenvalue weighted by Crippen LogP contribution is 1.89. The zero-order valence-corrected chi connectivity index (χ0v) is 8.14. The summed E-state index contributed by atoms with van der Waals surface area (Å²) >= 11 is 0. The molecule has 0 aliphatic rings. The first-order valence-corrected chi connectivity index (χ1v) is 4.11. The normalized spacial score (nSPS) is 12.5. The fourth-order valence-corrected chi connectivity index (χ4v) is 1.09. The first-order chi connectivity index (χ1) is 6.56. The highest BCUT2D eigenvalue weighted by atomic mass is 16.5. The number of aryl methyl sites for hydroxylation is 1. The molecule has 6 nitrogen and oxygen atoms in total. The van der Waals surface area contributed by atoms with Gasteiger partial charge in [0.05, 0.1) is 13.7 Å². The summed E-state index contributed by atoms with van der Waals surface area (Å²) in [6.45, 7) is 0.131. The fraction of sp³-hybridized carbons (Fsp3) is 0.500. The quantitative estimate of drug-likeness (QED) is 0.613. The summed E-state index contributed by atoms with van der Waals surface area (Å²) < 4.78 is 7.21. The minimum Gasteiger partial charge on any atom is -0.468 e. The summed E-state index contributed by atoms with van der Waals surface area (Å²) in [4.78, 5) is 22.3. The van der Waals surface area contributed by atoms with Crippen molar-refractivity contribution in [2.75, 3.05) is 7.11 Å². The van der Waals surface area contributed by atoms with Gasteiger partial charge in [0.25, 0.3) is 0 Å². The summed E-state index contributed by atoms with van der Waals surface area (Å²) in [5.41, 5.74) is 5.29. The van der Waals surface area contributed by atoms with Crippen molar-refractivity contribution < 1.29 is 9.53 Å². The van der Waals surface area contributed by atoms with Crippen LogP contribution >= 0.6 is 0 Å². The van der Waals surface area contributed by atoms with E-state index in [1.807, 2.05) is 0 Å². The van der Waals surface area contributed by atoms with Crippen LogP contribution < -0.4 is 11.4 Å². The molecule has 14 heavy (non-hydrogen) atoms. The Morgan fingerprint density at radius 2 is 2.29 bits per heavy atom. The number of esters is 1. The van der Waals surface area contributed by atoms with E-state index in [1.165, 1.54) is 16.2 Å². The Hall–Kier alpha value is -1.56. The monoisotopic (exact) mass is 199 g/mol. The first kappa shape index (κ1) is 10.5. The van der Waals surface area contributed by atoms with E-state index in [4.69, 9.17) is 5.73 Å². The van der Waals surface area contributed by atoms with E-state index in [0.29, 0.717) is 0 Å². The molecule has 1 heterocycles. The largest absolute Gasteiger partial charge is 0.468 e. The van der Waals surface area contributed by atoms with Crippen molar-refractivity contribution in [3.63, 3.8) is 0 Å². The van der Waals surface area contributed by atoms with Gasteiger partial charge in [0.15, 0.2) is 0 Å². The van der Waals surface area contributed by atoms with E-state index in [-0.39, 0.29) is 12.2 Å². The third-order valence-corrected chi connectivity index (χ3v) is 1.91. The topological polar surface area (TPSA) is 79.2 Å². The van der Waals surface area contributed by atoms with E-state index >= 15 is 0 Å². The molecule has 0 aliphatic heterocycles. The van der Waals surface area contributed by atoms with Gasteiger partial charge >= 0.3 is 11.7 Å². The highest BCUT2D eigenvalue weighted by Gasteiger charge is 2.15. The van der Waals surface area contributed by atoms with Crippen LogP contribution in [-0.4, -0.2) is 28.3 Å². The zero-order chi connectivity index (χ0) is 10.7. The molecule has 6 heteroatoms. The second-order valence-electron chi connectivity index (χ2n) is 2.97. The molecule has 0 fully saturated rings. The van der Waals surface area contributed by atoms with E-state index in [0.717, 1.165) is 0 Å². The third-order valence-electron chi connectivity index (χ3n) is 1.91. The molecule has 1 unspecified atom stereocenters. The van der Waals surface area contributed by atoms with Crippen LogP contribution in [0.3, 0.4) is 0 Å². The van der Waals surface area contributed by atoms with E-state index in [9.17, 15) is 9.59 Å². The number of hydrogen-bond donors (Lipinski definition) is 1. The lowest BCUT2D eigenvalue weighted by molar-refractivity contribution is -0.142. The molecule has 0 aliphatic carbocycles. The minimum atomic E-state index is -0.805. The van der Waals surface area contributed by atoms with Crippen LogP contribution in [0.1, 0.15) is 0 Å². The van der Waals surface area contributed by atoms with Gasteiger partial charge in [0, 0.05) is 19.4 Å². The number of aromatic nitrogens is 2. The lowest BCUT2D eigenvalue weighted by Gasteiger charge is -2.08. The maximum Gasteiger partial charge on any atom is 0.327 e. The Bertz CT molecular complexity index is 379. The smallest absolute Gasteiger partial charge is 0.327 e. The van der Waals surface area contributed by atoms with Crippen LogP contribution in [0.25, 0.3) is 0 Å². The predicted molar refractivity (Wildman–Crippen MR) is 49.7 cm³/mol. The van der Waals surface area contributed by atoms with Gasteiger partial charge in [-0.05, 0) is 0 Å². The number of methoxy groups -OCH3 is 1. The number of hydrogen-bond acceptors (Lipinski definition) is 4. The standard InChI is InChI=1S/C8H13N3O3/c1-10-3-4-11(8(10)13)5-6(9)7(12)14-2/h3-4,6H,5,9H2,1-2H3. The van der Waals surface area contributed by atoms with Gasteiger partial charge in [0.2, 0.25) is 0 Å². The van der Waals surface area contributed by atoms with Gasteiger partial charge in [-0.1, -0.05) is 0 Å². The molecule has 0 aromatic carbocycles. The van der Waals surface area contributed by atoms with Gasteiger partial charge in [-0.15, -0.1) is 0 Å². The molecule has 0 spiro atoms. The number of imidazole rings is 1.